The summed E-state index contributed by atoms with van der Waals surface area (Å²) in [6.07, 6.45) is 0. The first-order chi connectivity index (χ1) is 9.10. The van der Waals surface area contributed by atoms with Crippen LogP contribution in [-0.2, 0) is 6.54 Å². The predicted molar refractivity (Wildman–Crippen MR) is 70.4 cm³/mol. The number of amides is 1. The second-order valence-corrected chi connectivity index (χ2v) is 4.02. The highest BCUT2D eigenvalue weighted by atomic mass is 19.1. The first kappa shape index (κ1) is 13.0. The minimum atomic E-state index is -0.582. The Kier molecular flexibility index (Phi) is 3.77. The highest BCUT2D eigenvalue weighted by Crippen LogP contribution is 2.19. The fraction of sp³-hybridized carbons (Fsp3) is 0.0714. The van der Waals surface area contributed by atoms with Crippen molar-refractivity contribution in [2.45, 2.75) is 6.54 Å². The van der Waals surface area contributed by atoms with E-state index in [1.165, 1.54) is 0 Å². The normalized spacial score (nSPS) is 10.2. The van der Waals surface area contributed by atoms with Gasteiger partial charge < -0.3 is 16.2 Å². The Morgan fingerprint density at radius 2 is 1.89 bits per heavy atom. The van der Waals surface area contributed by atoms with Crippen LogP contribution in [-0.4, -0.2) is 11.0 Å². The van der Waals surface area contributed by atoms with Crippen LogP contribution in [0.2, 0.25) is 0 Å². The molecule has 0 saturated heterocycles. The van der Waals surface area contributed by atoms with Crippen LogP contribution in [0.3, 0.4) is 0 Å². The first-order valence-corrected chi connectivity index (χ1v) is 5.69. The third-order valence-electron chi connectivity index (χ3n) is 2.65. The van der Waals surface area contributed by atoms with Crippen LogP contribution in [0.25, 0.3) is 0 Å². The number of carbonyl (C=O) groups is 1. The number of phenols is 1. The number of aromatic hydroxyl groups is 1. The van der Waals surface area contributed by atoms with Crippen molar-refractivity contribution in [3.8, 4) is 5.75 Å². The molecule has 0 aliphatic heterocycles. The number of halogens is 1. The van der Waals surface area contributed by atoms with Crippen molar-refractivity contribution in [3.05, 3.63) is 59.4 Å². The van der Waals surface area contributed by atoms with Gasteiger partial charge in [0.25, 0.3) is 5.91 Å². The highest BCUT2D eigenvalue weighted by Gasteiger charge is 2.12. The van der Waals surface area contributed by atoms with E-state index in [1.807, 2.05) is 0 Å². The van der Waals surface area contributed by atoms with Gasteiger partial charge in [0.15, 0.2) is 0 Å². The molecule has 0 spiro atoms. The lowest BCUT2D eigenvalue weighted by atomic mass is 10.1. The maximum absolute atomic E-state index is 13.0. The minimum absolute atomic E-state index is 0.108. The van der Waals surface area contributed by atoms with E-state index in [9.17, 15) is 14.3 Å². The van der Waals surface area contributed by atoms with Gasteiger partial charge in [0.2, 0.25) is 0 Å². The summed E-state index contributed by atoms with van der Waals surface area (Å²) >= 11 is 0. The lowest BCUT2D eigenvalue weighted by Crippen LogP contribution is -2.12. The average Bonchev–Trinajstić information content (AvgIpc) is 2.42. The minimum Gasteiger partial charge on any atom is -0.507 e. The second-order valence-electron chi connectivity index (χ2n) is 4.02. The second kappa shape index (κ2) is 5.49. The highest BCUT2D eigenvalue weighted by molar-refractivity contribution is 6.06. The molecule has 2 rings (SSSR count). The van der Waals surface area contributed by atoms with Crippen LogP contribution in [0, 0.1) is 5.82 Å². The third kappa shape index (κ3) is 3.08. The molecule has 0 saturated carbocycles. The number of nitrogens with two attached hydrogens (primary N) is 1. The summed E-state index contributed by atoms with van der Waals surface area (Å²) in [6, 6.07) is 10.2. The van der Waals surface area contributed by atoms with Crippen LogP contribution in [0.1, 0.15) is 15.9 Å². The summed E-state index contributed by atoms with van der Waals surface area (Å²) in [5.74, 6) is -1.42. The Bertz CT molecular complexity index is 597. The Morgan fingerprint density at radius 3 is 2.53 bits per heavy atom. The number of phenolic OH excluding ortho intramolecular Hbond substituents is 1. The van der Waals surface area contributed by atoms with Crippen molar-refractivity contribution in [1.29, 1.82) is 0 Å². The lowest BCUT2D eigenvalue weighted by molar-refractivity contribution is 0.102. The number of rotatable bonds is 3. The number of benzene rings is 2. The Balaban J connectivity index is 2.18. The summed E-state index contributed by atoms with van der Waals surface area (Å²) in [6.45, 7) is 0.416. The summed E-state index contributed by atoms with van der Waals surface area (Å²) in [4.78, 5) is 11.9. The molecular formula is C14H13FN2O2. The van der Waals surface area contributed by atoms with Crippen molar-refractivity contribution in [1.82, 2.24) is 0 Å². The fourth-order valence-electron chi connectivity index (χ4n) is 1.61. The maximum atomic E-state index is 13.0. The van der Waals surface area contributed by atoms with Crippen LogP contribution in [0.15, 0.2) is 42.5 Å². The average molecular weight is 260 g/mol. The van der Waals surface area contributed by atoms with Gasteiger partial charge in [-0.2, -0.15) is 0 Å². The van der Waals surface area contributed by atoms with Crippen molar-refractivity contribution >= 4 is 11.6 Å². The Morgan fingerprint density at radius 1 is 1.21 bits per heavy atom. The van der Waals surface area contributed by atoms with Gasteiger partial charge in [0, 0.05) is 12.2 Å². The Labute approximate surface area is 109 Å². The van der Waals surface area contributed by atoms with E-state index in [0.717, 1.165) is 23.8 Å². The van der Waals surface area contributed by atoms with Crippen molar-refractivity contribution in [3.63, 3.8) is 0 Å². The summed E-state index contributed by atoms with van der Waals surface area (Å²) < 4.78 is 13.0. The van der Waals surface area contributed by atoms with E-state index < -0.39 is 11.7 Å². The molecule has 0 fully saturated rings. The molecule has 0 atom stereocenters. The maximum Gasteiger partial charge on any atom is 0.259 e. The molecule has 2 aromatic carbocycles. The zero-order valence-corrected chi connectivity index (χ0v) is 10.1. The van der Waals surface area contributed by atoms with Crippen LogP contribution >= 0.6 is 0 Å². The molecule has 5 heteroatoms. The van der Waals surface area contributed by atoms with Gasteiger partial charge in [-0.3, -0.25) is 4.79 Å². The Hall–Kier alpha value is -2.40. The van der Waals surface area contributed by atoms with Gasteiger partial charge in [-0.05, 0) is 35.9 Å². The van der Waals surface area contributed by atoms with Crippen molar-refractivity contribution in [2.24, 2.45) is 5.73 Å². The SMILES string of the molecule is NCc1ccc(NC(=O)c2cc(F)ccc2O)cc1. The molecule has 0 radical (unpaired) electrons. The standard InChI is InChI=1S/C14H13FN2O2/c15-10-3-6-13(18)12(7-10)14(19)17-11-4-1-9(8-16)2-5-11/h1-7,18H,8,16H2,(H,17,19). The van der Waals surface area contributed by atoms with Gasteiger partial charge in [-0.15, -0.1) is 0 Å². The summed E-state index contributed by atoms with van der Waals surface area (Å²) in [5, 5.41) is 12.1. The lowest BCUT2D eigenvalue weighted by Gasteiger charge is -2.07. The van der Waals surface area contributed by atoms with E-state index in [2.05, 4.69) is 5.32 Å². The smallest absolute Gasteiger partial charge is 0.259 e. The van der Waals surface area contributed by atoms with Gasteiger partial charge in [0.05, 0.1) is 5.56 Å². The van der Waals surface area contributed by atoms with E-state index in [1.54, 1.807) is 24.3 Å². The van der Waals surface area contributed by atoms with Gasteiger partial charge in [-0.1, -0.05) is 12.1 Å². The van der Waals surface area contributed by atoms with Crippen LogP contribution in [0.5, 0.6) is 5.75 Å². The zero-order valence-electron chi connectivity index (χ0n) is 10.1. The molecule has 0 heterocycles. The number of hydrogen-bond donors (Lipinski definition) is 3. The van der Waals surface area contributed by atoms with E-state index in [-0.39, 0.29) is 11.3 Å². The van der Waals surface area contributed by atoms with Crippen LogP contribution < -0.4 is 11.1 Å². The van der Waals surface area contributed by atoms with Gasteiger partial charge in [-0.25, -0.2) is 4.39 Å². The molecule has 19 heavy (non-hydrogen) atoms. The quantitative estimate of drug-likeness (QED) is 0.792. The fourth-order valence-corrected chi connectivity index (χ4v) is 1.61. The van der Waals surface area contributed by atoms with Gasteiger partial charge >= 0.3 is 0 Å². The van der Waals surface area contributed by atoms with E-state index in [0.29, 0.717) is 12.2 Å². The topological polar surface area (TPSA) is 75.3 Å². The first-order valence-electron chi connectivity index (χ1n) is 5.69. The molecule has 0 aliphatic rings. The summed E-state index contributed by atoms with van der Waals surface area (Å²) in [7, 11) is 0. The van der Waals surface area contributed by atoms with Crippen LogP contribution in [0.4, 0.5) is 10.1 Å². The number of nitrogens with one attached hydrogen (secondary N) is 1. The van der Waals surface area contributed by atoms with Crippen molar-refractivity contribution in [2.75, 3.05) is 5.32 Å². The number of carbonyl (C=O) groups excluding carboxylic acids is 1. The number of anilines is 1. The van der Waals surface area contributed by atoms with E-state index in [4.69, 9.17) is 5.73 Å². The number of hydrogen-bond acceptors (Lipinski definition) is 3. The van der Waals surface area contributed by atoms with Gasteiger partial charge in [0.1, 0.15) is 11.6 Å². The van der Waals surface area contributed by atoms with Crippen molar-refractivity contribution < 1.29 is 14.3 Å². The zero-order chi connectivity index (χ0) is 13.8. The molecule has 2 aromatic rings. The predicted octanol–water partition coefficient (Wildman–Crippen LogP) is 2.24. The molecule has 0 aliphatic carbocycles. The summed E-state index contributed by atoms with van der Waals surface area (Å²) in [5.41, 5.74) is 6.84. The molecular weight excluding hydrogens is 247 g/mol. The monoisotopic (exact) mass is 260 g/mol. The third-order valence-corrected chi connectivity index (χ3v) is 2.65. The molecule has 98 valence electrons. The molecule has 0 unspecified atom stereocenters. The molecule has 1 amide bonds. The molecule has 4 nitrogen and oxygen atoms in total. The largest absolute Gasteiger partial charge is 0.507 e. The molecule has 0 aromatic heterocycles. The molecule has 4 N–H and O–H groups in total. The molecule has 0 bridgehead atoms. The van der Waals surface area contributed by atoms with E-state index >= 15 is 0 Å².